The summed E-state index contributed by atoms with van der Waals surface area (Å²) < 4.78 is 0. The molecule has 0 rings (SSSR count). The summed E-state index contributed by atoms with van der Waals surface area (Å²) in [5.41, 5.74) is 5.35. The maximum Gasteiger partial charge on any atom is 0.398 e. The van der Waals surface area contributed by atoms with Crippen molar-refractivity contribution in [2.24, 2.45) is 11.6 Å². The fourth-order valence-electron chi connectivity index (χ4n) is 0.937. The molecular formula is C7H19N5O3. The van der Waals surface area contributed by atoms with Crippen molar-refractivity contribution in [3.8, 4) is 0 Å². The van der Waals surface area contributed by atoms with Gasteiger partial charge in [0.05, 0.1) is 14.2 Å². The van der Waals surface area contributed by atoms with Gasteiger partial charge in [-0.2, -0.15) is 5.01 Å². The molecule has 0 unspecified atom stereocenters. The van der Waals surface area contributed by atoms with Crippen LogP contribution in [0.15, 0.2) is 0 Å². The highest BCUT2D eigenvalue weighted by Gasteiger charge is 2.22. The molecule has 0 aromatic carbocycles. The number of hydrazine groups is 2. The van der Waals surface area contributed by atoms with E-state index in [4.69, 9.17) is 16.4 Å². The molecule has 0 aliphatic carbocycles. The molecule has 4 N–H and O–H groups in total. The first kappa shape index (κ1) is 14.1. The Balaban J connectivity index is 4.26. The van der Waals surface area contributed by atoms with Gasteiger partial charge in [0.2, 0.25) is 0 Å². The standard InChI is InChI=1S/C7H19N5O3/c1-10(6-4-5-8)12(15-3)7(13)11(9)14-2/h4-6,8-9H2,1-3H3. The van der Waals surface area contributed by atoms with E-state index >= 15 is 0 Å². The van der Waals surface area contributed by atoms with Crippen LogP contribution in [0, 0.1) is 0 Å². The number of carbonyl (C=O) groups is 1. The van der Waals surface area contributed by atoms with Crippen LogP contribution in [0.4, 0.5) is 4.79 Å². The van der Waals surface area contributed by atoms with Crippen molar-refractivity contribution >= 4 is 6.03 Å². The minimum absolute atomic E-state index is 0.534. The van der Waals surface area contributed by atoms with Gasteiger partial charge in [0.25, 0.3) is 0 Å². The molecule has 0 aliphatic heterocycles. The van der Waals surface area contributed by atoms with Gasteiger partial charge in [0, 0.05) is 13.6 Å². The number of carbonyl (C=O) groups excluding carboxylic acids is 1. The second kappa shape index (κ2) is 7.37. The van der Waals surface area contributed by atoms with Crippen molar-refractivity contribution in [2.45, 2.75) is 6.42 Å². The molecule has 0 saturated heterocycles. The van der Waals surface area contributed by atoms with E-state index < -0.39 is 6.03 Å². The molecule has 2 amide bonds. The Hall–Kier alpha value is -0.930. The highest BCUT2D eigenvalue weighted by atomic mass is 16.8. The topological polar surface area (TPSA) is 97.3 Å². The monoisotopic (exact) mass is 221 g/mol. The van der Waals surface area contributed by atoms with Crippen LogP contribution >= 0.6 is 0 Å². The number of rotatable bonds is 6. The Bertz CT molecular complexity index is 191. The zero-order chi connectivity index (χ0) is 11.8. The SMILES string of the molecule is CON(N)C(=O)N(OC)N(C)CCCN. The summed E-state index contributed by atoms with van der Waals surface area (Å²) in [5, 5.41) is 3.11. The van der Waals surface area contributed by atoms with Crippen LogP contribution in [0.25, 0.3) is 0 Å². The molecule has 0 atom stereocenters. The zero-order valence-electron chi connectivity index (χ0n) is 9.34. The van der Waals surface area contributed by atoms with Crippen molar-refractivity contribution in [2.75, 3.05) is 34.4 Å². The summed E-state index contributed by atoms with van der Waals surface area (Å²) in [6.07, 6.45) is 0.737. The largest absolute Gasteiger partial charge is 0.398 e. The molecule has 90 valence electrons. The fourth-order valence-corrected chi connectivity index (χ4v) is 0.937. The molecule has 8 heteroatoms. The highest BCUT2D eigenvalue weighted by molar-refractivity contribution is 5.70. The molecule has 0 radical (unpaired) electrons. The van der Waals surface area contributed by atoms with Gasteiger partial charge in [-0.25, -0.2) is 10.6 Å². The van der Waals surface area contributed by atoms with E-state index in [2.05, 4.69) is 4.84 Å². The van der Waals surface area contributed by atoms with Gasteiger partial charge in [-0.3, -0.25) is 9.68 Å². The third-order valence-electron chi connectivity index (χ3n) is 1.72. The highest BCUT2D eigenvalue weighted by Crippen LogP contribution is 2.00. The lowest BCUT2D eigenvalue weighted by atomic mass is 10.4. The number of nitrogens with zero attached hydrogens (tertiary/aromatic N) is 3. The van der Waals surface area contributed by atoms with Crippen molar-refractivity contribution in [3.63, 3.8) is 0 Å². The van der Waals surface area contributed by atoms with Crippen LogP contribution < -0.4 is 11.6 Å². The third-order valence-corrected chi connectivity index (χ3v) is 1.72. The van der Waals surface area contributed by atoms with E-state index in [0.29, 0.717) is 18.3 Å². The van der Waals surface area contributed by atoms with Gasteiger partial charge in [-0.15, -0.1) is 10.3 Å². The average Bonchev–Trinajstić information content (AvgIpc) is 2.25. The normalized spacial score (nSPS) is 10.5. The molecule has 0 heterocycles. The number of urea groups is 1. The first-order valence-corrected chi connectivity index (χ1v) is 4.46. The molecule has 0 spiro atoms. The van der Waals surface area contributed by atoms with Crippen molar-refractivity contribution in [3.05, 3.63) is 0 Å². The van der Waals surface area contributed by atoms with Gasteiger partial charge in [0.1, 0.15) is 0 Å². The maximum absolute atomic E-state index is 11.5. The lowest BCUT2D eigenvalue weighted by Crippen LogP contribution is -2.52. The smallest absolute Gasteiger partial charge is 0.330 e. The quantitative estimate of drug-likeness (QED) is 0.336. The number of nitrogens with two attached hydrogens (primary N) is 2. The molecule has 0 fully saturated rings. The molecule has 0 aromatic heterocycles. The Morgan fingerprint density at radius 1 is 1.33 bits per heavy atom. The van der Waals surface area contributed by atoms with E-state index in [1.807, 2.05) is 0 Å². The molecule has 0 saturated carbocycles. The molecule has 15 heavy (non-hydrogen) atoms. The summed E-state index contributed by atoms with van der Waals surface area (Å²) in [4.78, 5) is 20.9. The van der Waals surface area contributed by atoms with Crippen LogP contribution in [0.2, 0.25) is 0 Å². The minimum atomic E-state index is -0.625. The van der Waals surface area contributed by atoms with Crippen LogP contribution in [-0.4, -0.2) is 55.7 Å². The second-order valence-corrected chi connectivity index (χ2v) is 2.77. The Labute approximate surface area is 89.1 Å². The van der Waals surface area contributed by atoms with E-state index in [1.165, 1.54) is 14.2 Å². The van der Waals surface area contributed by atoms with Crippen LogP contribution in [0.5, 0.6) is 0 Å². The predicted molar refractivity (Wildman–Crippen MR) is 53.6 cm³/mol. The number of hydrogen-bond acceptors (Lipinski definition) is 6. The predicted octanol–water partition coefficient (Wildman–Crippen LogP) is -1.10. The first-order valence-electron chi connectivity index (χ1n) is 4.46. The van der Waals surface area contributed by atoms with E-state index in [9.17, 15) is 4.79 Å². The maximum atomic E-state index is 11.5. The molecule has 0 bridgehead atoms. The fraction of sp³-hybridized carbons (Fsp3) is 0.857. The molecular weight excluding hydrogens is 202 g/mol. The summed E-state index contributed by atoms with van der Waals surface area (Å²) in [5.74, 6) is 5.25. The Kier molecular flexibility index (Phi) is 6.92. The van der Waals surface area contributed by atoms with E-state index in [1.54, 1.807) is 12.1 Å². The number of amides is 2. The van der Waals surface area contributed by atoms with Crippen molar-refractivity contribution in [1.29, 1.82) is 0 Å². The first-order chi connectivity index (χ1) is 7.08. The Morgan fingerprint density at radius 2 is 1.93 bits per heavy atom. The van der Waals surface area contributed by atoms with Crippen molar-refractivity contribution in [1.82, 2.24) is 15.4 Å². The minimum Gasteiger partial charge on any atom is -0.330 e. The Morgan fingerprint density at radius 3 is 2.33 bits per heavy atom. The summed E-state index contributed by atoms with van der Waals surface area (Å²) in [7, 11) is 4.33. The van der Waals surface area contributed by atoms with Gasteiger partial charge in [-0.05, 0) is 13.0 Å². The van der Waals surface area contributed by atoms with Crippen LogP contribution in [0.3, 0.4) is 0 Å². The summed E-state index contributed by atoms with van der Waals surface area (Å²) >= 11 is 0. The lowest BCUT2D eigenvalue weighted by Gasteiger charge is -2.30. The van der Waals surface area contributed by atoms with Crippen LogP contribution in [0.1, 0.15) is 6.42 Å². The van der Waals surface area contributed by atoms with Gasteiger partial charge < -0.3 is 5.73 Å². The number of hydrogen-bond donors (Lipinski definition) is 2. The van der Waals surface area contributed by atoms with Gasteiger partial charge >= 0.3 is 6.03 Å². The lowest BCUT2D eigenvalue weighted by molar-refractivity contribution is -0.241. The molecule has 8 nitrogen and oxygen atoms in total. The molecule has 0 aliphatic rings. The summed E-state index contributed by atoms with van der Waals surface area (Å²) in [6, 6.07) is -0.625. The van der Waals surface area contributed by atoms with Gasteiger partial charge in [-0.1, -0.05) is 0 Å². The molecule has 0 aromatic rings. The van der Waals surface area contributed by atoms with E-state index in [0.717, 1.165) is 11.6 Å². The van der Waals surface area contributed by atoms with Crippen LogP contribution in [-0.2, 0) is 9.68 Å². The summed E-state index contributed by atoms with van der Waals surface area (Å²) in [6.45, 7) is 1.11. The number of hydroxylamine groups is 2. The zero-order valence-corrected chi connectivity index (χ0v) is 9.34. The third kappa shape index (κ3) is 4.40. The second-order valence-electron chi connectivity index (χ2n) is 2.77. The van der Waals surface area contributed by atoms with E-state index in [-0.39, 0.29) is 0 Å². The van der Waals surface area contributed by atoms with Crippen molar-refractivity contribution < 1.29 is 14.5 Å². The average molecular weight is 221 g/mol. The van der Waals surface area contributed by atoms with Gasteiger partial charge in [0.15, 0.2) is 0 Å².